The lowest BCUT2D eigenvalue weighted by atomic mass is 10.3. The Morgan fingerprint density at radius 2 is 2.15 bits per heavy atom. The molecule has 0 spiro atoms. The predicted octanol–water partition coefficient (Wildman–Crippen LogP) is 4.36. The SMILES string of the molecule is Cc1nsc(Sc2nnc(Nc3cccc(Br)c3)s2)n1. The molecular weight excluding hydrogens is 378 g/mol. The smallest absolute Gasteiger partial charge is 0.210 e. The number of hydrogen-bond acceptors (Lipinski definition) is 8. The third-order valence-electron chi connectivity index (χ3n) is 2.17. The number of benzene rings is 1. The van der Waals surface area contributed by atoms with Crippen molar-refractivity contribution in [2.75, 3.05) is 5.32 Å². The van der Waals surface area contributed by atoms with E-state index >= 15 is 0 Å². The van der Waals surface area contributed by atoms with Gasteiger partial charge in [-0.05, 0) is 48.4 Å². The van der Waals surface area contributed by atoms with Gasteiger partial charge in [0.2, 0.25) is 5.13 Å². The van der Waals surface area contributed by atoms with E-state index in [9.17, 15) is 0 Å². The first-order chi connectivity index (χ1) is 9.69. The predicted molar refractivity (Wildman–Crippen MR) is 86.1 cm³/mol. The number of nitrogens with one attached hydrogen (secondary N) is 1. The number of aromatic nitrogens is 4. The van der Waals surface area contributed by atoms with Crippen molar-refractivity contribution >= 4 is 61.4 Å². The summed E-state index contributed by atoms with van der Waals surface area (Å²) in [4.78, 5) is 4.29. The van der Waals surface area contributed by atoms with Crippen LogP contribution in [0.15, 0.2) is 37.4 Å². The summed E-state index contributed by atoms with van der Waals surface area (Å²) in [6, 6.07) is 7.91. The van der Waals surface area contributed by atoms with Crippen LogP contribution in [-0.2, 0) is 0 Å². The van der Waals surface area contributed by atoms with Crippen LogP contribution in [0.5, 0.6) is 0 Å². The van der Waals surface area contributed by atoms with Crippen molar-refractivity contribution in [1.82, 2.24) is 19.6 Å². The summed E-state index contributed by atoms with van der Waals surface area (Å²) < 4.78 is 6.89. The number of rotatable bonds is 4. The van der Waals surface area contributed by atoms with Gasteiger partial charge in [-0.3, -0.25) is 0 Å². The van der Waals surface area contributed by atoms with Crippen molar-refractivity contribution in [3.8, 4) is 0 Å². The topological polar surface area (TPSA) is 63.6 Å². The molecule has 3 aromatic rings. The molecule has 0 fully saturated rings. The largest absolute Gasteiger partial charge is 0.330 e. The Morgan fingerprint density at radius 3 is 2.90 bits per heavy atom. The molecule has 0 saturated carbocycles. The highest BCUT2D eigenvalue weighted by molar-refractivity contribution is 9.10. The zero-order valence-electron chi connectivity index (χ0n) is 10.2. The Hall–Kier alpha value is -1.03. The number of anilines is 2. The maximum absolute atomic E-state index is 4.29. The summed E-state index contributed by atoms with van der Waals surface area (Å²) >= 11 is 7.78. The third kappa shape index (κ3) is 3.54. The van der Waals surface area contributed by atoms with E-state index in [4.69, 9.17) is 0 Å². The lowest BCUT2D eigenvalue weighted by Gasteiger charge is -2.01. The van der Waals surface area contributed by atoms with Crippen LogP contribution in [0.3, 0.4) is 0 Å². The van der Waals surface area contributed by atoms with Gasteiger partial charge in [0.1, 0.15) is 5.82 Å². The Labute approximate surface area is 136 Å². The van der Waals surface area contributed by atoms with Crippen LogP contribution in [0.1, 0.15) is 5.82 Å². The van der Waals surface area contributed by atoms with Gasteiger partial charge in [0.05, 0.1) is 0 Å². The molecule has 2 aromatic heterocycles. The van der Waals surface area contributed by atoms with Gasteiger partial charge < -0.3 is 5.32 Å². The maximum atomic E-state index is 4.29. The molecule has 0 bridgehead atoms. The van der Waals surface area contributed by atoms with Crippen molar-refractivity contribution in [1.29, 1.82) is 0 Å². The molecule has 0 amide bonds. The molecule has 0 aliphatic heterocycles. The zero-order valence-corrected chi connectivity index (χ0v) is 14.2. The minimum Gasteiger partial charge on any atom is -0.330 e. The van der Waals surface area contributed by atoms with E-state index in [1.165, 1.54) is 34.6 Å². The fourth-order valence-corrected chi connectivity index (χ4v) is 4.41. The van der Waals surface area contributed by atoms with E-state index in [1.807, 2.05) is 31.2 Å². The quantitative estimate of drug-likeness (QED) is 0.719. The molecule has 9 heteroatoms. The fourth-order valence-electron chi connectivity index (χ4n) is 1.39. The molecule has 1 N–H and O–H groups in total. The number of halogens is 1. The molecule has 0 aliphatic rings. The molecule has 20 heavy (non-hydrogen) atoms. The second kappa shape index (κ2) is 6.17. The second-order valence-electron chi connectivity index (χ2n) is 3.72. The Bertz CT molecular complexity index is 726. The van der Waals surface area contributed by atoms with E-state index in [0.29, 0.717) is 0 Å². The van der Waals surface area contributed by atoms with Crippen molar-refractivity contribution in [2.45, 2.75) is 15.6 Å². The van der Waals surface area contributed by atoms with Gasteiger partial charge in [-0.2, -0.15) is 4.37 Å². The molecule has 0 aliphatic carbocycles. The van der Waals surface area contributed by atoms with Crippen LogP contribution in [0, 0.1) is 6.92 Å². The van der Waals surface area contributed by atoms with E-state index in [1.54, 1.807) is 0 Å². The first kappa shape index (κ1) is 13.9. The van der Waals surface area contributed by atoms with Gasteiger partial charge in [-0.25, -0.2) is 4.98 Å². The number of hydrogen-bond donors (Lipinski definition) is 1. The molecule has 102 valence electrons. The van der Waals surface area contributed by atoms with Gasteiger partial charge in [-0.15, -0.1) is 10.2 Å². The van der Waals surface area contributed by atoms with E-state index < -0.39 is 0 Å². The van der Waals surface area contributed by atoms with Crippen LogP contribution < -0.4 is 5.32 Å². The summed E-state index contributed by atoms with van der Waals surface area (Å²) in [7, 11) is 0. The van der Waals surface area contributed by atoms with Crippen molar-refractivity contribution in [3.63, 3.8) is 0 Å². The van der Waals surface area contributed by atoms with Gasteiger partial charge in [0, 0.05) is 10.2 Å². The molecular formula is C11H8BrN5S3. The van der Waals surface area contributed by atoms with Crippen LogP contribution >= 0.6 is 50.6 Å². The summed E-state index contributed by atoms with van der Waals surface area (Å²) in [5.41, 5.74) is 0.971. The standard InChI is InChI=1S/C11H8BrN5S3/c1-6-13-10(20-17-6)19-11-16-15-9(18-11)14-8-4-2-3-7(12)5-8/h2-5H,1H3,(H,14,15). The minimum absolute atomic E-state index is 0.756. The Kier molecular flexibility index (Phi) is 4.29. The highest BCUT2D eigenvalue weighted by Gasteiger charge is 2.09. The van der Waals surface area contributed by atoms with Crippen molar-refractivity contribution in [2.24, 2.45) is 0 Å². The average molecular weight is 386 g/mol. The number of aryl methyl sites for hydroxylation is 1. The molecule has 0 radical (unpaired) electrons. The molecule has 2 heterocycles. The molecule has 0 unspecified atom stereocenters. The monoisotopic (exact) mass is 385 g/mol. The van der Waals surface area contributed by atoms with Crippen LogP contribution in [-0.4, -0.2) is 19.6 Å². The van der Waals surface area contributed by atoms with E-state index in [0.717, 1.165) is 29.8 Å². The molecule has 0 saturated heterocycles. The Morgan fingerprint density at radius 1 is 1.25 bits per heavy atom. The van der Waals surface area contributed by atoms with Crippen LogP contribution in [0.25, 0.3) is 0 Å². The maximum Gasteiger partial charge on any atom is 0.210 e. The minimum atomic E-state index is 0.756. The van der Waals surface area contributed by atoms with Crippen molar-refractivity contribution < 1.29 is 0 Å². The summed E-state index contributed by atoms with van der Waals surface area (Å²) in [6.45, 7) is 1.88. The highest BCUT2D eigenvalue weighted by atomic mass is 79.9. The van der Waals surface area contributed by atoms with Crippen molar-refractivity contribution in [3.05, 3.63) is 34.6 Å². The number of nitrogens with zero attached hydrogens (tertiary/aromatic N) is 4. The molecule has 1 aromatic carbocycles. The van der Waals surface area contributed by atoms with Gasteiger partial charge in [0.25, 0.3) is 0 Å². The highest BCUT2D eigenvalue weighted by Crippen LogP contribution is 2.33. The van der Waals surface area contributed by atoms with Crippen LogP contribution in [0.4, 0.5) is 10.8 Å². The lowest BCUT2D eigenvalue weighted by Crippen LogP contribution is -1.88. The molecule has 3 rings (SSSR count). The first-order valence-corrected chi connectivity index (χ1v) is 8.73. The normalized spacial score (nSPS) is 10.7. The van der Waals surface area contributed by atoms with Gasteiger partial charge in [0.15, 0.2) is 8.68 Å². The summed E-state index contributed by atoms with van der Waals surface area (Å²) in [5, 5.41) is 12.2. The third-order valence-corrected chi connectivity index (χ3v) is 5.39. The van der Waals surface area contributed by atoms with Gasteiger partial charge >= 0.3 is 0 Å². The van der Waals surface area contributed by atoms with Crippen LogP contribution in [0.2, 0.25) is 0 Å². The van der Waals surface area contributed by atoms with E-state index in [-0.39, 0.29) is 0 Å². The zero-order chi connectivity index (χ0) is 13.9. The molecule has 5 nitrogen and oxygen atoms in total. The molecule has 0 atom stereocenters. The lowest BCUT2D eigenvalue weighted by molar-refractivity contribution is 1.01. The fraction of sp³-hybridized carbons (Fsp3) is 0.0909. The Balaban J connectivity index is 1.70. The average Bonchev–Trinajstić information content (AvgIpc) is 3.00. The summed E-state index contributed by atoms with van der Waals surface area (Å²) in [6.07, 6.45) is 0. The summed E-state index contributed by atoms with van der Waals surface area (Å²) in [5.74, 6) is 0.787. The second-order valence-corrected chi connectivity index (χ2v) is 7.86. The van der Waals surface area contributed by atoms with E-state index in [2.05, 4.69) is 40.8 Å². The first-order valence-electron chi connectivity index (χ1n) is 5.53. The van der Waals surface area contributed by atoms with Gasteiger partial charge in [-0.1, -0.05) is 33.3 Å².